The highest BCUT2D eigenvalue weighted by molar-refractivity contribution is 5.45. The SMILES string of the molecule is [O-][NH+]1OOc2ccccc21. The summed E-state index contributed by atoms with van der Waals surface area (Å²) in [6.45, 7) is 0. The van der Waals surface area contributed by atoms with Crippen molar-refractivity contribution >= 4 is 5.69 Å². The predicted molar refractivity (Wildman–Crippen MR) is 32.1 cm³/mol. The van der Waals surface area contributed by atoms with Crippen LogP contribution in [0.5, 0.6) is 5.75 Å². The highest BCUT2D eigenvalue weighted by Crippen LogP contribution is 2.22. The van der Waals surface area contributed by atoms with Gasteiger partial charge in [-0.2, -0.15) is 0 Å². The number of quaternary nitrogens is 1. The molecule has 4 heteroatoms. The van der Waals surface area contributed by atoms with Gasteiger partial charge in [-0.3, -0.25) is 4.89 Å². The maximum atomic E-state index is 10.7. The highest BCUT2D eigenvalue weighted by atomic mass is 17.3. The largest absolute Gasteiger partial charge is 0.591 e. The maximum absolute atomic E-state index is 10.7. The average molecular weight is 139 g/mol. The minimum Gasteiger partial charge on any atom is -0.591 e. The van der Waals surface area contributed by atoms with Crippen molar-refractivity contribution in [1.29, 1.82) is 0 Å². The van der Waals surface area contributed by atoms with Gasteiger partial charge in [0, 0.05) is 11.1 Å². The molecule has 0 spiro atoms. The molecule has 0 radical (unpaired) electrons. The van der Waals surface area contributed by atoms with Gasteiger partial charge in [0.15, 0.2) is 0 Å². The fraction of sp³-hybridized carbons (Fsp3) is 0. The van der Waals surface area contributed by atoms with Crippen LogP contribution in [-0.2, 0) is 4.99 Å². The van der Waals surface area contributed by atoms with Gasteiger partial charge in [0.1, 0.15) is 0 Å². The second-order valence-corrected chi connectivity index (χ2v) is 1.95. The number of benzene rings is 1. The topological polar surface area (TPSA) is 46.0 Å². The molecule has 1 aliphatic heterocycles. The van der Waals surface area contributed by atoms with E-state index in [0.29, 0.717) is 11.4 Å². The van der Waals surface area contributed by atoms with Gasteiger partial charge in [0.05, 0.1) is 0 Å². The maximum Gasteiger partial charge on any atom is 0.235 e. The van der Waals surface area contributed by atoms with Crippen LogP contribution in [0.15, 0.2) is 24.3 Å². The van der Waals surface area contributed by atoms with Crippen molar-refractivity contribution in [2.75, 3.05) is 0 Å². The van der Waals surface area contributed by atoms with E-state index in [-0.39, 0.29) is 0 Å². The third kappa shape index (κ3) is 0.672. The summed E-state index contributed by atoms with van der Waals surface area (Å²) in [7, 11) is 0. The van der Waals surface area contributed by atoms with Crippen molar-refractivity contribution in [3.63, 3.8) is 0 Å². The first-order chi connectivity index (χ1) is 4.88. The molecule has 1 unspecified atom stereocenters. The Morgan fingerprint density at radius 3 is 2.90 bits per heavy atom. The van der Waals surface area contributed by atoms with Crippen LogP contribution in [0.4, 0.5) is 5.69 Å². The average Bonchev–Trinajstić information content (AvgIpc) is 2.34. The van der Waals surface area contributed by atoms with E-state index in [4.69, 9.17) is 0 Å². The zero-order valence-corrected chi connectivity index (χ0v) is 5.03. The summed E-state index contributed by atoms with van der Waals surface area (Å²) < 4.78 is 0. The normalized spacial score (nSPS) is 21.9. The molecule has 0 saturated carbocycles. The lowest BCUT2D eigenvalue weighted by molar-refractivity contribution is -1.03. The molecule has 10 heavy (non-hydrogen) atoms. The Labute approximate surface area is 57.0 Å². The third-order valence-corrected chi connectivity index (χ3v) is 1.31. The van der Waals surface area contributed by atoms with Crippen LogP contribution >= 0.6 is 0 Å². The van der Waals surface area contributed by atoms with E-state index in [2.05, 4.69) is 9.88 Å². The second-order valence-electron chi connectivity index (χ2n) is 1.95. The first kappa shape index (κ1) is 5.67. The van der Waals surface area contributed by atoms with Gasteiger partial charge in [-0.25, -0.2) is 0 Å². The lowest BCUT2D eigenvalue weighted by atomic mass is 10.3. The number of nitrogens with one attached hydrogen (secondary N) is 1. The van der Waals surface area contributed by atoms with E-state index < -0.39 is 5.23 Å². The van der Waals surface area contributed by atoms with Crippen molar-refractivity contribution in [3.8, 4) is 5.75 Å². The second kappa shape index (κ2) is 1.95. The summed E-state index contributed by atoms with van der Waals surface area (Å²) in [6.07, 6.45) is 0. The molecule has 0 saturated heterocycles. The van der Waals surface area contributed by atoms with Gasteiger partial charge in [-0.1, -0.05) is 12.1 Å². The molecule has 1 atom stereocenters. The van der Waals surface area contributed by atoms with Crippen LogP contribution in [0.25, 0.3) is 0 Å². The van der Waals surface area contributed by atoms with Gasteiger partial charge in [0.2, 0.25) is 11.4 Å². The molecular formula is C6H5NO3. The summed E-state index contributed by atoms with van der Waals surface area (Å²) >= 11 is 0. The standard InChI is InChI=1S/C6H5NO3/c8-7-5-3-1-2-4-6(5)9-10-7/h1-4,7H. The molecule has 2 rings (SSSR count). The molecule has 1 aromatic rings. The minimum atomic E-state index is -0.421. The first-order valence-electron chi connectivity index (χ1n) is 2.86. The van der Waals surface area contributed by atoms with Gasteiger partial charge in [-0.15, -0.1) is 5.23 Å². The Balaban J connectivity index is 2.51. The molecule has 1 aromatic carbocycles. The molecule has 1 aliphatic rings. The fourth-order valence-corrected chi connectivity index (χ4v) is 0.836. The van der Waals surface area contributed by atoms with Crippen LogP contribution in [0.1, 0.15) is 0 Å². The lowest BCUT2D eigenvalue weighted by Gasteiger charge is -2.05. The Kier molecular flexibility index (Phi) is 1.10. The lowest BCUT2D eigenvalue weighted by Crippen LogP contribution is -2.99. The van der Waals surface area contributed by atoms with E-state index >= 15 is 0 Å². The highest BCUT2D eigenvalue weighted by Gasteiger charge is 2.21. The van der Waals surface area contributed by atoms with E-state index in [0.717, 1.165) is 0 Å². The molecule has 1 N–H and O–H groups in total. The molecule has 52 valence electrons. The number of hydrogen-bond donors (Lipinski definition) is 1. The van der Waals surface area contributed by atoms with Gasteiger partial charge in [0.25, 0.3) is 0 Å². The zero-order chi connectivity index (χ0) is 6.97. The molecular weight excluding hydrogens is 134 g/mol. The summed E-state index contributed by atoms with van der Waals surface area (Å²) in [5.41, 5.74) is 0.488. The molecule has 0 bridgehead atoms. The van der Waals surface area contributed by atoms with E-state index in [1.54, 1.807) is 24.3 Å². The van der Waals surface area contributed by atoms with Crippen LogP contribution in [0.2, 0.25) is 0 Å². The van der Waals surface area contributed by atoms with Crippen molar-refractivity contribution < 1.29 is 15.1 Å². The molecule has 0 fully saturated rings. The first-order valence-corrected chi connectivity index (χ1v) is 2.86. The smallest absolute Gasteiger partial charge is 0.235 e. The van der Waals surface area contributed by atoms with Crippen LogP contribution in [-0.4, -0.2) is 0 Å². The number of fused-ring (bicyclic) bond motifs is 1. The Hall–Kier alpha value is -1.10. The monoisotopic (exact) mass is 139 g/mol. The quantitative estimate of drug-likeness (QED) is 0.404. The van der Waals surface area contributed by atoms with Crippen molar-refractivity contribution in [1.82, 2.24) is 0 Å². The predicted octanol–water partition coefficient (Wildman–Crippen LogP) is -0.0602. The van der Waals surface area contributed by atoms with Crippen LogP contribution < -0.4 is 10.1 Å². The molecule has 0 aliphatic carbocycles. The van der Waals surface area contributed by atoms with Gasteiger partial charge in [-0.05, 0) is 6.07 Å². The Bertz CT molecular complexity index is 251. The fourth-order valence-electron chi connectivity index (χ4n) is 0.836. The van der Waals surface area contributed by atoms with Crippen molar-refractivity contribution in [3.05, 3.63) is 29.5 Å². The Morgan fingerprint density at radius 1 is 1.30 bits per heavy atom. The summed E-state index contributed by atoms with van der Waals surface area (Å²) in [5.74, 6) is 0.493. The molecule has 1 heterocycles. The molecule has 0 amide bonds. The van der Waals surface area contributed by atoms with E-state index in [9.17, 15) is 5.21 Å². The third-order valence-electron chi connectivity index (χ3n) is 1.31. The van der Waals surface area contributed by atoms with Crippen molar-refractivity contribution in [2.24, 2.45) is 0 Å². The van der Waals surface area contributed by atoms with E-state index in [1.165, 1.54) is 0 Å². The minimum absolute atomic E-state index is 0.421. The van der Waals surface area contributed by atoms with Gasteiger partial charge < -0.3 is 5.21 Å². The summed E-state index contributed by atoms with van der Waals surface area (Å²) in [4.78, 5) is 8.85. The molecule has 0 aromatic heterocycles. The summed E-state index contributed by atoms with van der Waals surface area (Å²) in [5, 5.41) is 10.3. The van der Waals surface area contributed by atoms with Gasteiger partial charge >= 0.3 is 0 Å². The summed E-state index contributed by atoms with van der Waals surface area (Å²) in [6, 6.07) is 6.88. The number of hydrogen-bond acceptors (Lipinski definition) is 3. The van der Waals surface area contributed by atoms with Crippen molar-refractivity contribution in [2.45, 2.75) is 0 Å². The Morgan fingerprint density at radius 2 is 2.10 bits per heavy atom. The molecule has 4 nitrogen and oxygen atoms in total. The van der Waals surface area contributed by atoms with E-state index in [1.807, 2.05) is 0 Å². The zero-order valence-electron chi connectivity index (χ0n) is 5.03. The number of rotatable bonds is 0. The van der Waals surface area contributed by atoms with Crippen LogP contribution in [0.3, 0.4) is 0 Å². The van der Waals surface area contributed by atoms with Crippen LogP contribution in [0, 0.1) is 5.21 Å². The number of para-hydroxylation sites is 1.